The fraction of sp³-hybridized carbons (Fsp3) is 0.214. The first kappa shape index (κ1) is 14.1. The van der Waals surface area contributed by atoms with Gasteiger partial charge in [0.1, 0.15) is 5.82 Å². The first-order valence-corrected chi connectivity index (χ1v) is 6.72. The molecule has 3 N–H and O–H groups in total. The van der Waals surface area contributed by atoms with E-state index in [9.17, 15) is 4.39 Å². The lowest BCUT2D eigenvalue weighted by atomic mass is 10.0. The topological polar surface area (TPSA) is 50.9 Å². The quantitative estimate of drug-likeness (QED) is 0.671. The Labute approximate surface area is 120 Å². The predicted molar refractivity (Wildman–Crippen MR) is 76.8 cm³/mol. The van der Waals surface area contributed by atoms with Crippen molar-refractivity contribution in [1.82, 2.24) is 10.4 Å². The van der Waals surface area contributed by atoms with E-state index in [1.807, 2.05) is 25.1 Å². The molecule has 0 saturated heterocycles. The van der Waals surface area contributed by atoms with Crippen molar-refractivity contribution >= 4 is 15.9 Å². The fourth-order valence-corrected chi connectivity index (χ4v) is 2.20. The van der Waals surface area contributed by atoms with Gasteiger partial charge in [0.25, 0.3) is 0 Å². The van der Waals surface area contributed by atoms with E-state index in [1.165, 1.54) is 6.07 Å². The van der Waals surface area contributed by atoms with Gasteiger partial charge in [0.2, 0.25) is 0 Å². The van der Waals surface area contributed by atoms with Gasteiger partial charge in [-0.05, 0) is 42.7 Å². The third-order valence-corrected chi connectivity index (χ3v) is 3.47. The molecular weight excluding hydrogens is 309 g/mol. The van der Waals surface area contributed by atoms with Crippen LogP contribution in [0.15, 0.2) is 41.0 Å². The predicted octanol–water partition coefficient (Wildman–Crippen LogP) is 3.04. The van der Waals surface area contributed by atoms with Crippen LogP contribution in [0.1, 0.15) is 22.9 Å². The molecule has 0 aliphatic rings. The van der Waals surface area contributed by atoms with Crippen LogP contribution in [0, 0.1) is 12.7 Å². The van der Waals surface area contributed by atoms with Crippen molar-refractivity contribution in [2.24, 2.45) is 5.84 Å². The minimum Gasteiger partial charge on any atom is -0.271 e. The van der Waals surface area contributed by atoms with Gasteiger partial charge in [0, 0.05) is 16.4 Å². The van der Waals surface area contributed by atoms with Crippen LogP contribution in [0.4, 0.5) is 4.39 Å². The third kappa shape index (κ3) is 3.59. The summed E-state index contributed by atoms with van der Waals surface area (Å²) in [6.07, 6.45) is 2.23. The smallest absolute Gasteiger partial charge is 0.127 e. The lowest BCUT2D eigenvalue weighted by Gasteiger charge is -2.16. The average molecular weight is 324 g/mol. The molecule has 0 bridgehead atoms. The van der Waals surface area contributed by atoms with Gasteiger partial charge in [-0.25, -0.2) is 4.39 Å². The van der Waals surface area contributed by atoms with Crippen LogP contribution < -0.4 is 11.3 Å². The van der Waals surface area contributed by atoms with Gasteiger partial charge >= 0.3 is 0 Å². The number of nitrogens with zero attached hydrogens (tertiary/aromatic N) is 1. The monoisotopic (exact) mass is 323 g/mol. The Morgan fingerprint density at radius 3 is 2.74 bits per heavy atom. The van der Waals surface area contributed by atoms with Crippen molar-refractivity contribution in [1.29, 1.82) is 0 Å². The van der Waals surface area contributed by atoms with Gasteiger partial charge in [-0.2, -0.15) is 0 Å². The molecule has 19 heavy (non-hydrogen) atoms. The largest absolute Gasteiger partial charge is 0.271 e. The van der Waals surface area contributed by atoms with Crippen LogP contribution in [0.2, 0.25) is 0 Å². The Morgan fingerprint density at radius 1 is 1.37 bits per heavy atom. The molecule has 5 heteroatoms. The minimum absolute atomic E-state index is 0.163. The molecule has 0 fully saturated rings. The molecule has 0 radical (unpaired) electrons. The summed E-state index contributed by atoms with van der Waals surface area (Å²) in [6.45, 7) is 1.92. The Kier molecular flexibility index (Phi) is 4.63. The average Bonchev–Trinajstić information content (AvgIpc) is 2.39. The number of aryl methyl sites for hydroxylation is 1. The van der Waals surface area contributed by atoms with E-state index >= 15 is 0 Å². The van der Waals surface area contributed by atoms with Crippen LogP contribution in [0.25, 0.3) is 0 Å². The SMILES string of the molecule is Cc1ccc(C(Cc2ccc(Br)cc2F)NN)cn1. The number of nitrogens with one attached hydrogen (secondary N) is 1. The zero-order valence-electron chi connectivity index (χ0n) is 10.5. The fourth-order valence-electron chi connectivity index (χ4n) is 1.87. The van der Waals surface area contributed by atoms with E-state index < -0.39 is 0 Å². The number of aromatic nitrogens is 1. The van der Waals surface area contributed by atoms with E-state index in [1.54, 1.807) is 12.3 Å². The first-order chi connectivity index (χ1) is 9.10. The number of hydrogen-bond acceptors (Lipinski definition) is 3. The van der Waals surface area contributed by atoms with Crippen molar-refractivity contribution < 1.29 is 4.39 Å². The molecule has 1 atom stereocenters. The van der Waals surface area contributed by atoms with E-state index in [-0.39, 0.29) is 11.9 Å². The maximum absolute atomic E-state index is 13.8. The van der Waals surface area contributed by atoms with Gasteiger partial charge in [0.15, 0.2) is 0 Å². The molecular formula is C14H15BrFN3. The number of benzene rings is 1. The lowest BCUT2D eigenvalue weighted by Crippen LogP contribution is -2.30. The Balaban J connectivity index is 2.21. The molecule has 3 nitrogen and oxygen atoms in total. The first-order valence-electron chi connectivity index (χ1n) is 5.92. The van der Waals surface area contributed by atoms with Gasteiger partial charge in [-0.1, -0.05) is 28.1 Å². The molecule has 2 aromatic rings. The lowest BCUT2D eigenvalue weighted by molar-refractivity contribution is 0.527. The second kappa shape index (κ2) is 6.23. The molecule has 100 valence electrons. The van der Waals surface area contributed by atoms with Crippen LogP contribution in [-0.4, -0.2) is 4.98 Å². The van der Waals surface area contributed by atoms with E-state index in [0.29, 0.717) is 12.0 Å². The summed E-state index contributed by atoms with van der Waals surface area (Å²) in [5.74, 6) is 5.32. The van der Waals surface area contributed by atoms with Gasteiger partial charge < -0.3 is 0 Å². The van der Waals surface area contributed by atoms with E-state index in [4.69, 9.17) is 5.84 Å². The van der Waals surface area contributed by atoms with Gasteiger partial charge in [-0.15, -0.1) is 0 Å². The highest BCUT2D eigenvalue weighted by Gasteiger charge is 2.13. The summed E-state index contributed by atoms with van der Waals surface area (Å²) in [6, 6.07) is 8.73. The zero-order valence-corrected chi connectivity index (χ0v) is 12.1. The Morgan fingerprint density at radius 2 is 2.16 bits per heavy atom. The molecule has 2 rings (SSSR count). The molecule has 1 unspecified atom stereocenters. The zero-order chi connectivity index (χ0) is 13.8. The van der Waals surface area contributed by atoms with Gasteiger partial charge in [0.05, 0.1) is 6.04 Å². The highest BCUT2D eigenvalue weighted by Crippen LogP contribution is 2.21. The Hall–Kier alpha value is -1.30. The van der Waals surface area contributed by atoms with Crippen molar-refractivity contribution in [3.63, 3.8) is 0 Å². The van der Waals surface area contributed by atoms with Crippen molar-refractivity contribution in [3.05, 3.63) is 63.6 Å². The maximum Gasteiger partial charge on any atom is 0.127 e. The summed E-state index contributed by atoms with van der Waals surface area (Å²) >= 11 is 3.24. The van der Waals surface area contributed by atoms with E-state index in [2.05, 4.69) is 26.3 Å². The molecule has 1 heterocycles. The highest BCUT2D eigenvalue weighted by molar-refractivity contribution is 9.10. The Bertz CT molecular complexity index is 557. The normalized spacial score (nSPS) is 12.4. The van der Waals surface area contributed by atoms with Crippen molar-refractivity contribution in [3.8, 4) is 0 Å². The molecule has 0 aliphatic heterocycles. The second-order valence-electron chi connectivity index (χ2n) is 4.39. The number of halogens is 2. The molecule has 1 aromatic heterocycles. The minimum atomic E-state index is -0.241. The number of rotatable bonds is 4. The number of hydrogen-bond donors (Lipinski definition) is 2. The summed E-state index contributed by atoms with van der Waals surface area (Å²) in [4.78, 5) is 4.23. The molecule has 0 aliphatic carbocycles. The molecule has 1 aromatic carbocycles. The van der Waals surface area contributed by atoms with Crippen LogP contribution in [-0.2, 0) is 6.42 Å². The van der Waals surface area contributed by atoms with Crippen molar-refractivity contribution in [2.75, 3.05) is 0 Å². The van der Waals surface area contributed by atoms with Crippen molar-refractivity contribution in [2.45, 2.75) is 19.4 Å². The maximum atomic E-state index is 13.8. The standard InChI is InChI=1S/C14H15BrFN3/c1-9-2-3-11(8-18-9)14(19-17)6-10-4-5-12(15)7-13(10)16/h2-5,7-8,14,19H,6,17H2,1H3. The van der Waals surface area contributed by atoms with Crippen LogP contribution >= 0.6 is 15.9 Å². The van der Waals surface area contributed by atoms with Gasteiger partial charge in [-0.3, -0.25) is 16.3 Å². The summed E-state index contributed by atoms with van der Waals surface area (Å²) in [5.41, 5.74) is 5.21. The third-order valence-electron chi connectivity index (χ3n) is 2.98. The van der Waals surface area contributed by atoms with E-state index in [0.717, 1.165) is 15.7 Å². The number of nitrogens with two attached hydrogens (primary N) is 1. The van der Waals surface area contributed by atoms with Crippen LogP contribution in [0.3, 0.4) is 0 Å². The number of hydrazine groups is 1. The summed E-state index contributed by atoms with van der Waals surface area (Å²) < 4.78 is 14.5. The molecule has 0 amide bonds. The molecule has 0 saturated carbocycles. The summed E-state index contributed by atoms with van der Waals surface area (Å²) in [5, 5.41) is 0. The summed E-state index contributed by atoms with van der Waals surface area (Å²) in [7, 11) is 0. The number of pyridine rings is 1. The molecule has 0 spiro atoms. The highest BCUT2D eigenvalue weighted by atomic mass is 79.9. The second-order valence-corrected chi connectivity index (χ2v) is 5.31. The van der Waals surface area contributed by atoms with Crippen LogP contribution in [0.5, 0.6) is 0 Å².